The van der Waals surface area contributed by atoms with Crippen LogP contribution in [0.4, 0.5) is 0 Å². The normalized spacial score (nSPS) is 28.8. The largest absolute Gasteiger partial charge is 0.375 e. The molecular formula is C13H21NO3. The van der Waals surface area contributed by atoms with E-state index in [9.17, 15) is 9.59 Å². The second kappa shape index (κ2) is 4.77. The maximum absolute atomic E-state index is 11.7. The number of amides is 1. The standard InChI is InChI=1S/C13H21NO3/c1-3-13(4-2)9-10(6-8-17-13)14-7-5-11(15)12(14)16/h10H,3-9H2,1-2H3. The van der Waals surface area contributed by atoms with E-state index in [1.807, 2.05) is 0 Å². The maximum atomic E-state index is 11.7. The van der Waals surface area contributed by atoms with Crippen LogP contribution in [0.1, 0.15) is 46.0 Å². The lowest BCUT2D eigenvalue weighted by atomic mass is 9.85. The molecule has 2 aliphatic heterocycles. The van der Waals surface area contributed by atoms with Crippen molar-refractivity contribution in [2.75, 3.05) is 13.2 Å². The highest BCUT2D eigenvalue weighted by atomic mass is 16.5. The van der Waals surface area contributed by atoms with E-state index >= 15 is 0 Å². The Labute approximate surface area is 102 Å². The van der Waals surface area contributed by atoms with E-state index in [0.29, 0.717) is 19.6 Å². The van der Waals surface area contributed by atoms with Crippen LogP contribution in [0.3, 0.4) is 0 Å². The summed E-state index contributed by atoms with van der Waals surface area (Å²) in [4.78, 5) is 24.8. The highest BCUT2D eigenvalue weighted by Gasteiger charge is 2.41. The fraction of sp³-hybridized carbons (Fsp3) is 0.846. The van der Waals surface area contributed by atoms with E-state index in [1.165, 1.54) is 0 Å². The van der Waals surface area contributed by atoms with Crippen LogP contribution in [0.2, 0.25) is 0 Å². The van der Waals surface area contributed by atoms with Crippen molar-refractivity contribution in [3.05, 3.63) is 0 Å². The quantitative estimate of drug-likeness (QED) is 0.702. The molecule has 0 aromatic rings. The van der Waals surface area contributed by atoms with Crippen molar-refractivity contribution in [3.8, 4) is 0 Å². The topological polar surface area (TPSA) is 46.6 Å². The number of rotatable bonds is 3. The number of nitrogens with zero attached hydrogens (tertiary/aromatic N) is 1. The lowest BCUT2D eigenvalue weighted by molar-refractivity contribution is -0.147. The molecule has 0 aromatic carbocycles. The van der Waals surface area contributed by atoms with Gasteiger partial charge in [-0.2, -0.15) is 0 Å². The Balaban J connectivity index is 2.07. The molecular weight excluding hydrogens is 218 g/mol. The number of hydrogen-bond donors (Lipinski definition) is 0. The Hall–Kier alpha value is -0.900. The molecule has 0 N–H and O–H groups in total. The molecule has 0 aromatic heterocycles. The monoisotopic (exact) mass is 239 g/mol. The first-order chi connectivity index (χ1) is 8.12. The molecule has 4 heteroatoms. The number of Topliss-reactive ketones (excluding diaryl/α,β-unsaturated/α-hetero) is 1. The zero-order valence-corrected chi connectivity index (χ0v) is 10.7. The van der Waals surface area contributed by atoms with Crippen LogP contribution in [0, 0.1) is 0 Å². The molecule has 1 amide bonds. The minimum atomic E-state index is -0.280. The van der Waals surface area contributed by atoms with Crippen LogP contribution in [0.15, 0.2) is 0 Å². The molecule has 2 aliphatic rings. The number of ether oxygens (including phenoxy) is 1. The Bertz CT molecular complexity index is 323. The molecule has 96 valence electrons. The highest BCUT2D eigenvalue weighted by Crippen LogP contribution is 2.34. The van der Waals surface area contributed by atoms with Gasteiger partial charge in [0.2, 0.25) is 5.78 Å². The number of likely N-dealkylation sites (tertiary alicyclic amines) is 1. The number of ketones is 1. The van der Waals surface area contributed by atoms with E-state index in [-0.39, 0.29) is 23.3 Å². The van der Waals surface area contributed by atoms with Crippen LogP contribution in [0.25, 0.3) is 0 Å². The lowest BCUT2D eigenvalue weighted by Gasteiger charge is -2.42. The second-order valence-corrected chi connectivity index (χ2v) is 5.06. The number of carbonyl (C=O) groups is 2. The SMILES string of the molecule is CCC1(CC)CC(N2CCC(=O)C2=O)CCO1. The van der Waals surface area contributed by atoms with E-state index in [1.54, 1.807) is 4.90 Å². The summed E-state index contributed by atoms with van der Waals surface area (Å²) in [6.07, 6.45) is 4.06. The predicted octanol–water partition coefficient (Wildman–Crippen LogP) is 1.53. The van der Waals surface area contributed by atoms with Gasteiger partial charge in [-0.3, -0.25) is 9.59 Å². The van der Waals surface area contributed by atoms with Gasteiger partial charge in [0, 0.05) is 25.6 Å². The first kappa shape index (κ1) is 12.6. The lowest BCUT2D eigenvalue weighted by Crippen LogP contribution is -2.49. The highest BCUT2D eigenvalue weighted by molar-refractivity contribution is 6.37. The van der Waals surface area contributed by atoms with E-state index < -0.39 is 0 Å². The molecule has 0 saturated carbocycles. The van der Waals surface area contributed by atoms with Crippen LogP contribution < -0.4 is 0 Å². The second-order valence-electron chi connectivity index (χ2n) is 5.06. The molecule has 1 atom stereocenters. The third-order valence-electron chi connectivity index (χ3n) is 4.28. The van der Waals surface area contributed by atoms with Crippen LogP contribution in [-0.4, -0.2) is 41.4 Å². The van der Waals surface area contributed by atoms with E-state index in [4.69, 9.17) is 4.74 Å². The van der Waals surface area contributed by atoms with Crippen molar-refractivity contribution in [1.82, 2.24) is 4.90 Å². The van der Waals surface area contributed by atoms with E-state index in [2.05, 4.69) is 13.8 Å². The van der Waals surface area contributed by atoms with Gasteiger partial charge < -0.3 is 9.64 Å². The Morgan fingerprint density at radius 2 is 2.06 bits per heavy atom. The molecule has 0 spiro atoms. The third-order valence-corrected chi connectivity index (χ3v) is 4.28. The van der Waals surface area contributed by atoms with Crippen LogP contribution >= 0.6 is 0 Å². The smallest absolute Gasteiger partial charge is 0.290 e. The summed E-state index contributed by atoms with van der Waals surface area (Å²) >= 11 is 0. The summed E-state index contributed by atoms with van der Waals surface area (Å²) < 4.78 is 5.89. The van der Waals surface area contributed by atoms with Crippen molar-refractivity contribution in [2.45, 2.75) is 57.6 Å². The predicted molar refractivity (Wildman–Crippen MR) is 63.6 cm³/mol. The average Bonchev–Trinajstić information content (AvgIpc) is 2.70. The molecule has 17 heavy (non-hydrogen) atoms. The van der Waals surface area contributed by atoms with E-state index in [0.717, 1.165) is 25.7 Å². The van der Waals surface area contributed by atoms with Crippen LogP contribution in [-0.2, 0) is 14.3 Å². The summed E-state index contributed by atoms with van der Waals surface area (Å²) in [6.45, 7) is 5.56. The van der Waals surface area contributed by atoms with Gasteiger partial charge in [0.1, 0.15) is 0 Å². The van der Waals surface area contributed by atoms with Gasteiger partial charge in [0.15, 0.2) is 0 Å². The minimum Gasteiger partial charge on any atom is -0.375 e. The molecule has 4 nitrogen and oxygen atoms in total. The Kier molecular flexibility index (Phi) is 3.52. The third kappa shape index (κ3) is 2.23. The molecule has 2 heterocycles. The molecule has 2 saturated heterocycles. The zero-order valence-electron chi connectivity index (χ0n) is 10.7. The molecule has 1 unspecified atom stereocenters. The fourth-order valence-electron chi connectivity index (χ4n) is 2.95. The number of carbonyl (C=O) groups excluding carboxylic acids is 2. The van der Waals surface area contributed by atoms with Crippen molar-refractivity contribution >= 4 is 11.7 Å². The molecule has 2 rings (SSSR count). The average molecular weight is 239 g/mol. The molecule has 0 aliphatic carbocycles. The van der Waals surface area contributed by atoms with Crippen LogP contribution in [0.5, 0.6) is 0 Å². The fourth-order valence-corrected chi connectivity index (χ4v) is 2.95. The maximum Gasteiger partial charge on any atom is 0.290 e. The summed E-state index contributed by atoms with van der Waals surface area (Å²) in [7, 11) is 0. The first-order valence-corrected chi connectivity index (χ1v) is 6.59. The number of hydrogen-bond acceptors (Lipinski definition) is 3. The van der Waals surface area contributed by atoms with Gasteiger partial charge in [-0.25, -0.2) is 0 Å². The summed E-state index contributed by atoms with van der Waals surface area (Å²) in [5.41, 5.74) is -0.0885. The van der Waals surface area contributed by atoms with Crippen molar-refractivity contribution < 1.29 is 14.3 Å². The van der Waals surface area contributed by atoms with Gasteiger partial charge in [0.25, 0.3) is 5.91 Å². The van der Waals surface area contributed by atoms with Gasteiger partial charge in [-0.1, -0.05) is 13.8 Å². The van der Waals surface area contributed by atoms with Crippen molar-refractivity contribution in [2.24, 2.45) is 0 Å². The minimum absolute atomic E-state index is 0.0885. The Morgan fingerprint density at radius 1 is 1.35 bits per heavy atom. The van der Waals surface area contributed by atoms with Crippen molar-refractivity contribution in [3.63, 3.8) is 0 Å². The van der Waals surface area contributed by atoms with Gasteiger partial charge in [0.05, 0.1) is 5.60 Å². The summed E-state index contributed by atoms with van der Waals surface area (Å²) in [5.74, 6) is -0.506. The zero-order chi connectivity index (χ0) is 12.5. The van der Waals surface area contributed by atoms with Crippen molar-refractivity contribution in [1.29, 1.82) is 0 Å². The van der Waals surface area contributed by atoms with Gasteiger partial charge in [-0.15, -0.1) is 0 Å². The molecule has 0 bridgehead atoms. The molecule has 0 radical (unpaired) electrons. The first-order valence-electron chi connectivity index (χ1n) is 6.59. The Morgan fingerprint density at radius 3 is 2.59 bits per heavy atom. The van der Waals surface area contributed by atoms with Gasteiger partial charge in [-0.05, 0) is 25.7 Å². The van der Waals surface area contributed by atoms with Gasteiger partial charge >= 0.3 is 0 Å². The molecule has 2 fully saturated rings. The summed E-state index contributed by atoms with van der Waals surface area (Å²) in [5, 5.41) is 0. The summed E-state index contributed by atoms with van der Waals surface area (Å²) in [6, 6.07) is 0.197.